The molecule has 1 aliphatic heterocycles. The monoisotopic (exact) mass is 316 g/mol. The number of hydrogen-bond acceptors (Lipinski definition) is 4. The lowest BCUT2D eigenvalue weighted by Gasteiger charge is -2.39. The minimum absolute atomic E-state index is 0.268. The zero-order valence-corrected chi connectivity index (χ0v) is 13.6. The molecule has 124 valence electrons. The van der Waals surface area contributed by atoms with Crippen molar-refractivity contribution in [2.45, 2.75) is 13.2 Å². The number of rotatable bonds is 8. The summed E-state index contributed by atoms with van der Waals surface area (Å²) in [6, 6.07) is 9.88. The average Bonchev–Trinajstić information content (AvgIpc) is 2.56. The molecule has 0 bridgehead atoms. The van der Waals surface area contributed by atoms with Crippen molar-refractivity contribution < 1.29 is 18.9 Å². The van der Waals surface area contributed by atoms with Gasteiger partial charge in [0, 0.05) is 5.56 Å². The van der Waals surface area contributed by atoms with Gasteiger partial charge in [-0.3, -0.25) is 0 Å². The van der Waals surface area contributed by atoms with Crippen LogP contribution in [0.3, 0.4) is 0 Å². The fourth-order valence-corrected chi connectivity index (χ4v) is 2.37. The molecule has 0 radical (unpaired) electrons. The summed E-state index contributed by atoms with van der Waals surface area (Å²) < 4.78 is 23.1. The molecule has 1 saturated heterocycles. The minimum Gasteiger partial charge on any atom is -0.376 e. The fourth-order valence-electron chi connectivity index (χ4n) is 2.37. The van der Waals surface area contributed by atoms with Crippen LogP contribution in [-0.4, -0.2) is 39.6 Å². The van der Waals surface area contributed by atoms with Gasteiger partial charge >= 0.3 is 0 Å². The van der Waals surface area contributed by atoms with E-state index in [1.165, 1.54) is 0 Å². The summed E-state index contributed by atoms with van der Waals surface area (Å²) in [6.45, 7) is 8.46. The van der Waals surface area contributed by atoms with Gasteiger partial charge in [0.1, 0.15) is 6.61 Å². The van der Waals surface area contributed by atoms with E-state index in [-0.39, 0.29) is 18.3 Å². The van der Waals surface area contributed by atoms with Crippen molar-refractivity contribution >= 4 is 0 Å². The first-order chi connectivity index (χ1) is 11.2. The van der Waals surface area contributed by atoms with E-state index in [1.54, 1.807) is 0 Å². The first kappa shape index (κ1) is 17.7. The van der Waals surface area contributed by atoms with Gasteiger partial charge in [-0.1, -0.05) is 48.4 Å². The van der Waals surface area contributed by atoms with Crippen LogP contribution >= 0.6 is 0 Å². The summed E-state index contributed by atoms with van der Waals surface area (Å²) in [5, 5.41) is 0. The molecule has 1 aromatic carbocycles. The first-order valence-electron chi connectivity index (χ1n) is 7.67. The summed E-state index contributed by atoms with van der Waals surface area (Å²) in [7, 11) is 0. The van der Waals surface area contributed by atoms with Crippen molar-refractivity contribution in [3.63, 3.8) is 0 Å². The zero-order chi connectivity index (χ0) is 16.5. The van der Waals surface area contributed by atoms with Gasteiger partial charge in [0.25, 0.3) is 0 Å². The van der Waals surface area contributed by atoms with Crippen molar-refractivity contribution in [3.05, 3.63) is 48.0 Å². The Hall–Kier alpha value is -1.64. The molecular weight excluding hydrogens is 292 g/mol. The van der Waals surface area contributed by atoms with E-state index >= 15 is 0 Å². The molecule has 1 aliphatic rings. The summed E-state index contributed by atoms with van der Waals surface area (Å²) in [4.78, 5) is 0. The molecule has 1 heterocycles. The third-order valence-corrected chi connectivity index (χ3v) is 3.50. The Bertz CT molecular complexity index is 524. The molecule has 0 spiro atoms. The second kappa shape index (κ2) is 8.85. The first-order valence-corrected chi connectivity index (χ1v) is 7.67. The molecule has 0 aromatic heterocycles. The maximum atomic E-state index is 5.91. The molecule has 0 unspecified atom stereocenters. The molecular formula is C19H24O4. The van der Waals surface area contributed by atoms with Crippen molar-refractivity contribution in [1.29, 1.82) is 0 Å². The van der Waals surface area contributed by atoms with Crippen molar-refractivity contribution in [1.82, 2.24) is 0 Å². The Morgan fingerprint density at radius 3 is 2.52 bits per heavy atom. The van der Waals surface area contributed by atoms with Crippen LogP contribution in [0.5, 0.6) is 0 Å². The summed E-state index contributed by atoms with van der Waals surface area (Å²) in [5.41, 5.74) is 1.63. The lowest BCUT2D eigenvalue weighted by molar-refractivity contribution is -0.253. The van der Waals surface area contributed by atoms with E-state index in [9.17, 15) is 0 Å². The number of hydrogen-bond donors (Lipinski definition) is 0. The molecule has 4 nitrogen and oxygen atoms in total. The van der Waals surface area contributed by atoms with Crippen LogP contribution in [-0.2, 0) is 18.9 Å². The Kier molecular flexibility index (Phi) is 6.82. The molecule has 0 saturated carbocycles. The van der Waals surface area contributed by atoms with Crippen molar-refractivity contribution in [2.75, 3.05) is 39.6 Å². The van der Waals surface area contributed by atoms with E-state index < -0.39 is 0 Å². The standard InChI is InChI=1S/C19H24O4/c1-4-10-20-12-19(13-21-11-16(2)3)14-22-18(23-15-19)17-8-6-5-7-9-17/h1,5-9,18H,2,10-15H2,3H3. The van der Waals surface area contributed by atoms with Crippen LogP contribution in [0, 0.1) is 17.8 Å². The van der Waals surface area contributed by atoms with Crippen molar-refractivity contribution in [2.24, 2.45) is 5.41 Å². The molecule has 4 heteroatoms. The van der Waals surface area contributed by atoms with Gasteiger partial charge in [-0.05, 0) is 6.92 Å². The zero-order valence-electron chi connectivity index (χ0n) is 13.6. The molecule has 0 amide bonds. The lowest BCUT2D eigenvalue weighted by atomic mass is 9.91. The maximum Gasteiger partial charge on any atom is 0.183 e. The molecule has 1 aromatic rings. The summed E-state index contributed by atoms with van der Waals surface area (Å²) >= 11 is 0. The van der Waals surface area contributed by atoms with E-state index in [0.717, 1.165) is 11.1 Å². The summed E-state index contributed by atoms with van der Waals surface area (Å²) in [6.07, 6.45) is 4.90. The number of benzene rings is 1. The van der Waals surface area contributed by atoms with Crippen LogP contribution in [0.2, 0.25) is 0 Å². The second-order valence-corrected chi connectivity index (χ2v) is 6.01. The SMILES string of the molecule is C#CCOCC1(COCC(=C)C)COC(c2ccccc2)OC1. The largest absolute Gasteiger partial charge is 0.376 e. The van der Waals surface area contributed by atoms with E-state index in [0.29, 0.717) is 33.0 Å². The average molecular weight is 316 g/mol. The minimum atomic E-state index is -0.350. The Morgan fingerprint density at radius 2 is 1.91 bits per heavy atom. The third-order valence-electron chi connectivity index (χ3n) is 3.50. The molecule has 23 heavy (non-hydrogen) atoms. The van der Waals surface area contributed by atoms with Gasteiger partial charge in [-0.25, -0.2) is 0 Å². The van der Waals surface area contributed by atoms with Crippen LogP contribution in [0.4, 0.5) is 0 Å². The molecule has 0 N–H and O–H groups in total. The Labute approximate surface area is 138 Å². The second-order valence-electron chi connectivity index (χ2n) is 6.01. The van der Waals surface area contributed by atoms with E-state index in [1.807, 2.05) is 37.3 Å². The van der Waals surface area contributed by atoms with Gasteiger partial charge in [-0.2, -0.15) is 0 Å². The van der Waals surface area contributed by atoms with Gasteiger partial charge in [0.05, 0.1) is 38.4 Å². The highest BCUT2D eigenvalue weighted by Gasteiger charge is 2.38. The van der Waals surface area contributed by atoms with Crippen LogP contribution in [0.25, 0.3) is 0 Å². The lowest BCUT2D eigenvalue weighted by Crippen LogP contribution is -2.46. The van der Waals surface area contributed by atoms with Crippen LogP contribution in [0.1, 0.15) is 18.8 Å². The van der Waals surface area contributed by atoms with Gasteiger partial charge in [0.15, 0.2) is 6.29 Å². The van der Waals surface area contributed by atoms with Crippen LogP contribution in [0.15, 0.2) is 42.5 Å². The fraction of sp³-hybridized carbons (Fsp3) is 0.474. The normalized spacial score (nSPS) is 24.1. The highest BCUT2D eigenvalue weighted by Crippen LogP contribution is 2.32. The smallest absolute Gasteiger partial charge is 0.183 e. The Balaban J connectivity index is 1.94. The topological polar surface area (TPSA) is 36.9 Å². The quantitative estimate of drug-likeness (QED) is 0.420. The third kappa shape index (κ3) is 5.49. The van der Waals surface area contributed by atoms with Gasteiger partial charge in [0.2, 0.25) is 0 Å². The van der Waals surface area contributed by atoms with Gasteiger partial charge in [-0.15, -0.1) is 6.42 Å². The number of ether oxygens (including phenoxy) is 4. The van der Waals surface area contributed by atoms with E-state index in [2.05, 4.69) is 12.5 Å². The molecule has 0 aliphatic carbocycles. The molecule has 1 fully saturated rings. The summed E-state index contributed by atoms with van der Waals surface area (Å²) in [5.74, 6) is 2.47. The van der Waals surface area contributed by atoms with Crippen molar-refractivity contribution in [3.8, 4) is 12.3 Å². The highest BCUT2D eigenvalue weighted by atomic mass is 16.7. The molecule has 2 rings (SSSR count). The predicted molar refractivity (Wildman–Crippen MR) is 88.8 cm³/mol. The van der Waals surface area contributed by atoms with E-state index in [4.69, 9.17) is 25.4 Å². The van der Waals surface area contributed by atoms with Crippen LogP contribution < -0.4 is 0 Å². The number of terminal acetylenes is 1. The highest BCUT2D eigenvalue weighted by molar-refractivity contribution is 5.16. The Morgan fingerprint density at radius 1 is 1.26 bits per heavy atom. The van der Waals surface area contributed by atoms with Gasteiger partial charge < -0.3 is 18.9 Å². The maximum absolute atomic E-state index is 5.91. The molecule has 0 atom stereocenters. The predicted octanol–water partition coefficient (Wildman–Crippen LogP) is 2.96.